The molecule has 2 atom stereocenters. The third kappa shape index (κ3) is 4.95. The lowest BCUT2D eigenvalue weighted by molar-refractivity contribution is -0.133. The lowest BCUT2D eigenvalue weighted by atomic mass is 10.1. The Bertz CT molecular complexity index is 340. The van der Waals surface area contributed by atoms with Crippen molar-refractivity contribution in [2.75, 3.05) is 39.3 Å². The molecule has 0 radical (unpaired) electrons. The van der Waals surface area contributed by atoms with E-state index in [1.165, 1.54) is 19.4 Å². The molecule has 0 saturated carbocycles. The number of hydrogen-bond acceptors (Lipinski definition) is 3. The van der Waals surface area contributed by atoms with E-state index in [4.69, 9.17) is 0 Å². The van der Waals surface area contributed by atoms with Crippen LogP contribution in [-0.2, 0) is 4.79 Å². The smallest absolute Gasteiger partial charge is 0.222 e. The SMILES string of the molecule is CC(C)CCC(=O)N1CCN(CCN2C(C)CCC2C)CC1. The zero-order chi connectivity index (χ0) is 16.1. The molecule has 4 nitrogen and oxygen atoms in total. The molecule has 0 aromatic heterocycles. The summed E-state index contributed by atoms with van der Waals surface area (Å²) in [5.41, 5.74) is 0. The van der Waals surface area contributed by atoms with Crippen LogP contribution in [0, 0.1) is 5.92 Å². The van der Waals surface area contributed by atoms with E-state index < -0.39 is 0 Å². The second kappa shape index (κ2) is 8.30. The number of piperazine rings is 1. The Labute approximate surface area is 136 Å². The van der Waals surface area contributed by atoms with Crippen molar-refractivity contribution in [1.29, 1.82) is 0 Å². The van der Waals surface area contributed by atoms with Crippen molar-refractivity contribution in [1.82, 2.24) is 14.7 Å². The van der Waals surface area contributed by atoms with E-state index in [0.717, 1.165) is 57.6 Å². The Morgan fingerprint density at radius 2 is 1.59 bits per heavy atom. The van der Waals surface area contributed by atoms with Crippen LogP contribution >= 0.6 is 0 Å². The Balaban J connectivity index is 1.65. The van der Waals surface area contributed by atoms with Gasteiger partial charge in [0.2, 0.25) is 5.91 Å². The van der Waals surface area contributed by atoms with E-state index in [2.05, 4.69) is 42.4 Å². The first-order valence-corrected chi connectivity index (χ1v) is 9.23. The van der Waals surface area contributed by atoms with Gasteiger partial charge in [-0.1, -0.05) is 13.8 Å². The van der Waals surface area contributed by atoms with Crippen LogP contribution in [0.5, 0.6) is 0 Å². The quantitative estimate of drug-likeness (QED) is 0.754. The van der Waals surface area contributed by atoms with E-state index >= 15 is 0 Å². The lowest BCUT2D eigenvalue weighted by Gasteiger charge is -2.36. The number of hydrogen-bond donors (Lipinski definition) is 0. The van der Waals surface area contributed by atoms with Gasteiger partial charge in [-0.2, -0.15) is 0 Å². The number of carbonyl (C=O) groups excluding carboxylic acids is 1. The van der Waals surface area contributed by atoms with Gasteiger partial charge in [0.1, 0.15) is 0 Å². The van der Waals surface area contributed by atoms with Gasteiger partial charge in [0.15, 0.2) is 0 Å². The maximum absolute atomic E-state index is 12.2. The first-order valence-electron chi connectivity index (χ1n) is 9.23. The minimum Gasteiger partial charge on any atom is -0.340 e. The summed E-state index contributed by atoms with van der Waals surface area (Å²) in [6.45, 7) is 15.4. The molecule has 2 saturated heterocycles. The summed E-state index contributed by atoms with van der Waals surface area (Å²) in [6.07, 6.45) is 4.43. The molecular formula is C18H35N3O. The highest BCUT2D eigenvalue weighted by atomic mass is 16.2. The van der Waals surface area contributed by atoms with Crippen molar-refractivity contribution in [3.05, 3.63) is 0 Å². The zero-order valence-corrected chi connectivity index (χ0v) is 15.1. The maximum atomic E-state index is 12.2. The first-order chi connectivity index (χ1) is 10.5. The average Bonchev–Trinajstić information content (AvgIpc) is 2.82. The molecule has 2 heterocycles. The largest absolute Gasteiger partial charge is 0.340 e. The lowest BCUT2D eigenvalue weighted by Crippen LogP contribution is -2.50. The van der Waals surface area contributed by atoms with Crippen molar-refractivity contribution in [2.45, 2.75) is 65.5 Å². The fraction of sp³-hybridized carbons (Fsp3) is 0.944. The Morgan fingerprint density at radius 1 is 1.00 bits per heavy atom. The van der Waals surface area contributed by atoms with Crippen molar-refractivity contribution in [2.24, 2.45) is 5.92 Å². The number of amides is 1. The molecule has 4 heteroatoms. The summed E-state index contributed by atoms with van der Waals surface area (Å²) in [6, 6.07) is 1.49. The summed E-state index contributed by atoms with van der Waals surface area (Å²) < 4.78 is 0. The van der Waals surface area contributed by atoms with Crippen LogP contribution in [0.1, 0.15) is 53.4 Å². The third-order valence-electron chi connectivity index (χ3n) is 5.47. The van der Waals surface area contributed by atoms with Gasteiger partial charge in [0.05, 0.1) is 0 Å². The van der Waals surface area contributed by atoms with Gasteiger partial charge in [-0.05, 0) is 39.0 Å². The van der Waals surface area contributed by atoms with Crippen LogP contribution in [0.25, 0.3) is 0 Å². The molecule has 2 unspecified atom stereocenters. The van der Waals surface area contributed by atoms with Gasteiger partial charge in [-0.15, -0.1) is 0 Å². The normalized spacial score (nSPS) is 27.8. The molecule has 0 bridgehead atoms. The molecule has 0 aromatic carbocycles. The van der Waals surface area contributed by atoms with Crippen LogP contribution in [0.4, 0.5) is 0 Å². The van der Waals surface area contributed by atoms with Gasteiger partial charge >= 0.3 is 0 Å². The van der Waals surface area contributed by atoms with Gasteiger partial charge in [-0.3, -0.25) is 14.6 Å². The summed E-state index contributed by atoms with van der Waals surface area (Å²) in [5.74, 6) is 0.977. The molecule has 2 fully saturated rings. The van der Waals surface area contributed by atoms with Crippen molar-refractivity contribution >= 4 is 5.91 Å². The molecule has 2 rings (SSSR count). The fourth-order valence-corrected chi connectivity index (χ4v) is 3.74. The minimum absolute atomic E-state index is 0.357. The number of carbonyl (C=O) groups is 1. The molecule has 0 N–H and O–H groups in total. The Morgan fingerprint density at radius 3 is 2.14 bits per heavy atom. The Hall–Kier alpha value is -0.610. The number of rotatable bonds is 6. The first kappa shape index (κ1) is 17.7. The second-order valence-electron chi connectivity index (χ2n) is 7.67. The van der Waals surface area contributed by atoms with Crippen molar-refractivity contribution in [3.8, 4) is 0 Å². The predicted molar refractivity (Wildman–Crippen MR) is 92.0 cm³/mol. The predicted octanol–water partition coefficient (Wildman–Crippen LogP) is 2.44. The van der Waals surface area contributed by atoms with Gasteiger partial charge < -0.3 is 4.90 Å². The number of likely N-dealkylation sites (tertiary alicyclic amines) is 1. The molecule has 0 aliphatic carbocycles. The molecular weight excluding hydrogens is 274 g/mol. The van der Waals surface area contributed by atoms with Crippen LogP contribution in [0.15, 0.2) is 0 Å². The molecule has 2 aliphatic rings. The molecule has 1 amide bonds. The summed E-state index contributed by atoms with van der Waals surface area (Å²) >= 11 is 0. The monoisotopic (exact) mass is 309 g/mol. The Kier molecular flexibility index (Phi) is 6.69. The van der Waals surface area contributed by atoms with Gasteiger partial charge in [0.25, 0.3) is 0 Å². The molecule has 2 aliphatic heterocycles. The van der Waals surface area contributed by atoms with Crippen LogP contribution < -0.4 is 0 Å². The second-order valence-corrected chi connectivity index (χ2v) is 7.67. The minimum atomic E-state index is 0.357. The van der Waals surface area contributed by atoms with E-state index in [9.17, 15) is 4.79 Å². The van der Waals surface area contributed by atoms with Crippen molar-refractivity contribution in [3.63, 3.8) is 0 Å². The van der Waals surface area contributed by atoms with E-state index in [0.29, 0.717) is 11.8 Å². The summed E-state index contributed by atoms with van der Waals surface area (Å²) in [7, 11) is 0. The summed E-state index contributed by atoms with van der Waals surface area (Å²) in [4.78, 5) is 19.4. The van der Waals surface area contributed by atoms with E-state index in [1.54, 1.807) is 0 Å². The van der Waals surface area contributed by atoms with E-state index in [-0.39, 0.29) is 0 Å². The highest BCUT2D eigenvalue weighted by molar-refractivity contribution is 5.76. The van der Waals surface area contributed by atoms with Crippen LogP contribution in [0.2, 0.25) is 0 Å². The highest BCUT2D eigenvalue weighted by Gasteiger charge is 2.28. The van der Waals surface area contributed by atoms with Crippen LogP contribution in [0.3, 0.4) is 0 Å². The summed E-state index contributed by atoms with van der Waals surface area (Å²) in [5, 5.41) is 0. The maximum Gasteiger partial charge on any atom is 0.222 e. The fourth-order valence-electron chi connectivity index (χ4n) is 3.74. The molecule has 0 aromatic rings. The van der Waals surface area contributed by atoms with Crippen LogP contribution in [-0.4, -0.2) is 72.0 Å². The van der Waals surface area contributed by atoms with Gasteiger partial charge in [-0.25, -0.2) is 0 Å². The molecule has 0 spiro atoms. The van der Waals surface area contributed by atoms with Gasteiger partial charge in [0, 0.05) is 57.8 Å². The number of nitrogens with zero attached hydrogens (tertiary/aromatic N) is 3. The highest BCUT2D eigenvalue weighted by Crippen LogP contribution is 2.22. The standard InChI is InChI=1S/C18H35N3O/c1-15(2)5-8-18(22)20-12-9-19(10-13-20)11-14-21-16(3)6-7-17(21)4/h15-17H,5-14H2,1-4H3. The third-order valence-corrected chi connectivity index (χ3v) is 5.47. The zero-order valence-electron chi connectivity index (χ0n) is 15.1. The van der Waals surface area contributed by atoms with E-state index in [1.807, 2.05) is 0 Å². The molecule has 128 valence electrons. The topological polar surface area (TPSA) is 26.8 Å². The van der Waals surface area contributed by atoms with Crippen molar-refractivity contribution < 1.29 is 4.79 Å². The molecule has 22 heavy (non-hydrogen) atoms. The average molecular weight is 309 g/mol.